The van der Waals surface area contributed by atoms with E-state index in [-0.39, 0.29) is 24.8 Å². The van der Waals surface area contributed by atoms with Gasteiger partial charge < -0.3 is 9.73 Å². The number of rotatable bonds is 6. The molecule has 0 aliphatic carbocycles. The number of aromatic nitrogens is 1. The van der Waals surface area contributed by atoms with Crippen LogP contribution >= 0.6 is 0 Å². The maximum absolute atomic E-state index is 12.2. The number of aryl methyl sites for hydroxylation is 3. The number of amides is 2. The minimum Gasteiger partial charge on any atom is -0.441 e. The molecule has 0 fully saturated rings. The third kappa shape index (κ3) is 5.44. The summed E-state index contributed by atoms with van der Waals surface area (Å²) >= 11 is 0. The van der Waals surface area contributed by atoms with Crippen LogP contribution in [0.5, 0.6) is 0 Å². The van der Waals surface area contributed by atoms with E-state index >= 15 is 0 Å². The zero-order chi connectivity index (χ0) is 20.8. The number of carbonyl (C=O) groups is 2. The molecule has 0 aliphatic heterocycles. The van der Waals surface area contributed by atoms with Crippen molar-refractivity contribution in [2.45, 2.75) is 27.2 Å². The van der Waals surface area contributed by atoms with E-state index in [4.69, 9.17) is 4.42 Å². The van der Waals surface area contributed by atoms with Gasteiger partial charge in [-0.2, -0.15) is 0 Å². The summed E-state index contributed by atoms with van der Waals surface area (Å²) in [5.74, 6) is 0.315. The average Bonchev–Trinajstić information content (AvgIpc) is 3.07. The van der Waals surface area contributed by atoms with Gasteiger partial charge in [0.05, 0.1) is 18.7 Å². The molecule has 0 aliphatic rings. The van der Waals surface area contributed by atoms with Gasteiger partial charge in [0.15, 0.2) is 0 Å². The topological polar surface area (TPSA) is 96.3 Å². The van der Waals surface area contributed by atoms with Crippen LogP contribution in [0.3, 0.4) is 0 Å². The number of benzene rings is 2. The molecule has 0 unspecified atom stereocenters. The Morgan fingerprint density at radius 3 is 2.41 bits per heavy atom. The zero-order valence-electron chi connectivity index (χ0n) is 16.7. The fourth-order valence-electron chi connectivity index (χ4n) is 2.86. The zero-order valence-corrected chi connectivity index (χ0v) is 16.7. The van der Waals surface area contributed by atoms with E-state index in [0.29, 0.717) is 17.3 Å². The summed E-state index contributed by atoms with van der Waals surface area (Å²) in [6, 6.07) is 15.4. The summed E-state index contributed by atoms with van der Waals surface area (Å²) < 4.78 is 5.65. The van der Waals surface area contributed by atoms with Crippen molar-refractivity contribution in [2.75, 3.05) is 11.9 Å². The monoisotopic (exact) mass is 392 g/mol. The van der Waals surface area contributed by atoms with Gasteiger partial charge in [-0.3, -0.25) is 20.4 Å². The SMILES string of the molecule is Cc1ccc(NCC(=O)NNC(=O)Cc2nc(-c3ccccc3)oc2C)c(C)c1. The van der Waals surface area contributed by atoms with Crippen LogP contribution in [0.15, 0.2) is 52.9 Å². The highest BCUT2D eigenvalue weighted by Crippen LogP contribution is 2.21. The fraction of sp³-hybridized carbons (Fsp3) is 0.227. The number of nitrogens with one attached hydrogen (secondary N) is 3. The van der Waals surface area contributed by atoms with E-state index in [1.807, 2.05) is 62.4 Å². The van der Waals surface area contributed by atoms with Crippen molar-refractivity contribution in [3.05, 3.63) is 71.1 Å². The van der Waals surface area contributed by atoms with E-state index in [1.165, 1.54) is 0 Å². The van der Waals surface area contributed by atoms with Crippen molar-refractivity contribution in [3.63, 3.8) is 0 Å². The molecule has 0 spiro atoms. The highest BCUT2D eigenvalue weighted by molar-refractivity contribution is 5.85. The summed E-state index contributed by atoms with van der Waals surface area (Å²) in [7, 11) is 0. The van der Waals surface area contributed by atoms with E-state index in [1.54, 1.807) is 6.92 Å². The van der Waals surface area contributed by atoms with Gasteiger partial charge in [0, 0.05) is 11.3 Å². The minimum atomic E-state index is -0.374. The summed E-state index contributed by atoms with van der Waals surface area (Å²) in [4.78, 5) is 28.5. The molecule has 2 aromatic carbocycles. The lowest BCUT2D eigenvalue weighted by molar-refractivity contribution is -0.127. The van der Waals surface area contributed by atoms with Gasteiger partial charge in [-0.25, -0.2) is 4.98 Å². The maximum Gasteiger partial charge on any atom is 0.257 e. The third-order valence-corrected chi connectivity index (χ3v) is 4.40. The molecule has 1 aromatic heterocycles. The molecular weight excluding hydrogens is 368 g/mol. The number of hydrogen-bond donors (Lipinski definition) is 3. The number of anilines is 1. The largest absolute Gasteiger partial charge is 0.441 e. The highest BCUT2D eigenvalue weighted by atomic mass is 16.4. The number of oxazole rings is 1. The van der Waals surface area contributed by atoms with Crippen LogP contribution in [0.2, 0.25) is 0 Å². The highest BCUT2D eigenvalue weighted by Gasteiger charge is 2.15. The lowest BCUT2D eigenvalue weighted by Crippen LogP contribution is -2.44. The second kappa shape index (κ2) is 9.05. The smallest absolute Gasteiger partial charge is 0.257 e. The molecule has 29 heavy (non-hydrogen) atoms. The van der Waals surface area contributed by atoms with Gasteiger partial charge in [-0.15, -0.1) is 0 Å². The number of carbonyl (C=O) groups excluding carboxylic acids is 2. The first-order valence-electron chi connectivity index (χ1n) is 9.33. The molecule has 3 rings (SSSR count). The molecule has 1 heterocycles. The Morgan fingerprint density at radius 1 is 0.966 bits per heavy atom. The molecule has 7 heteroatoms. The fourth-order valence-corrected chi connectivity index (χ4v) is 2.86. The second-order valence-electron chi connectivity index (χ2n) is 6.83. The molecule has 3 aromatic rings. The Hall–Kier alpha value is -3.61. The number of hydrazine groups is 1. The van der Waals surface area contributed by atoms with E-state index < -0.39 is 0 Å². The maximum atomic E-state index is 12.2. The normalized spacial score (nSPS) is 10.4. The molecular formula is C22H24N4O3. The first kappa shape index (κ1) is 20.1. The Bertz CT molecular complexity index is 1010. The van der Waals surface area contributed by atoms with Crippen LogP contribution in [0.4, 0.5) is 5.69 Å². The van der Waals surface area contributed by atoms with Crippen LogP contribution < -0.4 is 16.2 Å². The van der Waals surface area contributed by atoms with E-state index in [2.05, 4.69) is 21.2 Å². The van der Waals surface area contributed by atoms with Crippen molar-refractivity contribution in [2.24, 2.45) is 0 Å². The van der Waals surface area contributed by atoms with Crippen LogP contribution in [0.25, 0.3) is 11.5 Å². The van der Waals surface area contributed by atoms with Crippen molar-refractivity contribution in [1.82, 2.24) is 15.8 Å². The van der Waals surface area contributed by atoms with Gasteiger partial charge in [-0.05, 0) is 44.5 Å². The van der Waals surface area contributed by atoms with Crippen molar-refractivity contribution in [1.29, 1.82) is 0 Å². The van der Waals surface area contributed by atoms with Gasteiger partial charge in [-0.1, -0.05) is 35.9 Å². The average molecular weight is 392 g/mol. The van der Waals surface area contributed by atoms with Gasteiger partial charge in [0.1, 0.15) is 5.76 Å². The Kier molecular flexibility index (Phi) is 6.29. The molecule has 0 atom stereocenters. The van der Waals surface area contributed by atoms with Crippen molar-refractivity contribution >= 4 is 17.5 Å². The van der Waals surface area contributed by atoms with Gasteiger partial charge in [0.2, 0.25) is 11.8 Å². The summed E-state index contributed by atoms with van der Waals surface area (Å²) in [5.41, 5.74) is 9.27. The molecule has 0 bridgehead atoms. The van der Waals surface area contributed by atoms with Crippen molar-refractivity contribution in [3.8, 4) is 11.5 Å². The Balaban J connectivity index is 1.48. The predicted molar refractivity (Wildman–Crippen MR) is 111 cm³/mol. The van der Waals surface area contributed by atoms with E-state index in [9.17, 15) is 9.59 Å². The Labute approximate surface area is 169 Å². The molecule has 150 valence electrons. The summed E-state index contributed by atoms with van der Waals surface area (Å²) in [6.45, 7) is 5.79. The van der Waals surface area contributed by atoms with Crippen LogP contribution in [0, 0.1) is 20.8 Å². The minimum absolute atomic E-state index is 0.00689. The molecule has 0 saturated carbocycles. The van der Waals surface area contributed by atoms with Crippen LogP contribution in [-0.4, -0.2) is 23.3 Å². The third-order valence-electron chi connectivity index (χ3n) is 4.40. The lowest BCUT2D eigenvalue weighted by Gasteiger charge is -2.11. The molecule has 3 N–H and O–H groups in total. The Morgan fingerprint density at radius 2 is 1.69 bits per heavy atom. The summed E-state index contributed by atoms with van der Waals surface area (Å²) in [5, 5.41) is 3.05. The quantitative estimate of drug-likeness (QED) is 0.560. The molecule has 2 amide bonds. The summed E-state index contributed by atoms with van der Waals surface area (Å²) in [6.07, 6.45) is 0.00689. The van der Waals surface area contributed by atoms with Crippen molar-refractivity contribution < 1.29 is 14.0 Å². The van der Waals surface area contributed by atoms with Crippen LogP contribution in [-0.2, 0) is 16.0 Å². The first-order valence-corrected chi connectivity index (χ1v) is 9.33. The van der Waals surface area contributed by atoms with Gasteiger partial charge in [0.25, 0.3) is 5.91 Å². The predicted octanol–water partition coefficient (Wildman–Crippen LogP) is 3.07. The standard InChI is InChI=1S/C22H24N4O3/c1-14-9-10-18(15(2)11-14)23-13-21(28)26-25-20(27)12-19-16(3)29-22(24-19)17-7-5-4-6-8-17/h4-11,23H,12-13H2,1-3H3,(H,25,27)(H,26,28). The second-order valence-corrected chi connectivity index (χ2v) is 6.83. The van der Waals surface area contributed by atoms with Crippen LogP contribution in [0.1, 0.15) is 22.6 Å². The molecule has 0 saturated heterocycles. The number of hydrogen-bond acceptors (Lipinski definition) is 5. The molecule has 7 nitrogen and oxygen atoms in total. The first-order chi connectivity index (χ1) is 13.9. The van der Waals surface area contributed by atoms with E-state index in [0.717, 1.165) is 22.4 Å². The van der Waals surface area contributed by atoms with Gasteiger partial charge >= 0.3 is 0 Å². The lowest BCUT2D eigenvalue weighted by atomic mass is 10.1. The number of nitrogens with zero attached hydrogens (tertiary/aromatic N) is 1. The molecule has 0 radical (unpaired) electrons.